The van der Waals surface area contributed by atoms with Crippen LogP contribution in [0.25, 0.3) is 0 Å². The van der Waals surface area contributed by atoms with Crippen LogP contribution >= 0.6 is 15.9 Å². The molecule has 2 heterocycles. The second kappa shape index (κ2) is 3.46. The lowest BCUT2D eigenvalue weighted by Gasteiger charge is -2.09. The van der Waals surface area contributed by atoms with Crippen molar-refractivity contribution in [3.8, 4) is 0 Å². The predicted octanol–water partition coefficient (Wildman–Crippen LogP) is 1.78. The number of anilines is 1. The van der Waals surface area contributed by atoms with Crippen molar-refractivity contribution in [3.05, 3.63) is 22.3 Å². The second-order valence-electron chi connectivity index (χ2n) is 4.42. The molecule has 15 heavy (non-hydrogen) atoms. The monoisotopic (exact) mass is 267 g/mol. The van der Waals surface area contributed by atoms with Gasteiger partial charge in [0.25, 0.3) is 0 Å². The van der Waals surface area contributed by atoms with E-state index in [9.17, 15) is 0 Å². The van der Waals surface area contributed by atoms with Crippen molar-refractivity contribution < 1.29 is 0 Å². The van der Waals surface area contributed by atoms with Gasteiger partial charge in [0.05, 0.1) is 5.69 Å². The number of piperidine rings is 1. The highest BCUT2D eigenvalue weighted by Crippen LogP contribution is 2.43. The lowest BCUT2D eigenvalue weighted by molar-refractivity contribution is 0.695. The lowest BCUT2D eigenvalue weighted by atomic mass is 10.3. The number of pyridine rings is 1. The highest BCUT2D eigenvalue weighted by atomic mass is 79.9. The van der Waals surface area contributed by atoms with Crippen molar-refractivity contribution in [2.24, 2.45) is 11.8 Å². The van der Waals surface area contributed by atoms with Crippen LogP contribution in [0, 0.1) is 18.8 Å². The number of fused-ring (bicyclic) bond motifs is 1. The molecule has 0 amide bonds. The number of aryl methyl sites for hydroxylation is 1. The maximum absolute atomic E-state index is 4.50. The summed E-state index contributed by atoms with van der Waals surface area (Å²) < 4.78 is 1.07. The topological polar surface area (TPSA) is 37.0 Å². The molecule has 3 nitrogen and oxygen atoms in total. The molecule has 0 bridgehead atoms. The molecule has 2 unspecified atom stereocenters. The summed E-state index contributed by atoms with van der Waals surface area (Å²) >= 11 is 3.46. The van der Waals surface area contributed by atoms with Gasteiger partial charge in [0.15, 0.2) is 0 Å². The number of nitrogens with one attached hydrogen (secondary N) is 2. The molecule has 1 aliphatic heterocycles. The van der Waals surface area contributed by atoms with Gasteiger partial charge in [-0.05, 0) is 46.8 Å². The summed E-state index contributed by atoms with van der Waals surface area (Å²) in [6.07, 6.45) is 0. The Hall–Kier alpha value is -0.610. The number of aromatic nitrogens is 1. The van der Waals surface area contributed by atoms with Gasteiger partial charge in [0.2, 0.25) is 0 Å². The third kappa shape index (κ3) is 1.66. The van der Waals surface area contributed by atoms with E-state index in [1.807, 2.05) is 13.0 Å². The Morgan fingerprint density at radius 1 is 1.40 bits per heavy atom. The summed E-state index contributed by atoms with van der Waals surface area (Å²) in [6, 6.07) is 4.75. The molecule has 3 rings (SSSR count). The molecule has 2 aliphatic rings. The van der Waals surface area contributed by atoms with Gasteiger partial charge in [-0.1, -0.05) is 0 Å². The molecule has 2 fully saturated rings. The zero-order chi connectivity index (χ0) is 10.4. The molecule has 1 aromatic heterocycles. The Labute approximate surface area is 97.8 Å². The summed E-state index contributed by atoms with van der Waals surface area (Å²) in [5.41, 5.74) is 1.05. The van der Waals surface area contributed by atoms with Crippen LogP contribution in [0.1, 0.15) is 5.69 Å². The molecule has 1 saturated heterocycles. The lowest BCUT2D eigenvalue weighted by Crippen LogP contribution is -2.21. The van der Waals surface area contributed by atoms with E-state index in [0.717, 1.165) is 40.9 Å². The van der Waals surface area contributed by atoms with Crippen LogP contribution in [0.3, 0.4) is 0 Å². The molecule has 1 saturated carbocycles. The first-order valence-corrected chi connectivity index (χ1v) is 6.15. The number of halogens is 1. The van der Waals surface area contributed by atoms with Gasteiger partial charge in [-0.15, -0.1) is 0 Å². The summed E-state index contributed by atoms with van der Waals surface area (Å²) in [4.78, 5) is 4.50. The smallest absolute Gasteiger partial charge is 0.126 e. The molecule has 0 spiro atoms. The third-order valence-corrected chi connectivity index (χ3v) is 4.27. The maximum atomic E-state index is 4.50. The highest BCUT2D eigenvalue weighted by Gasteiger charge is 2.53. The van der Waals surface area contributed by atoms with E-state index in [-0.39, 0.29) is 0 Å². The zero-order valence-corrected chi connectivity index (χ0v) is 10.2. The Morgan fingerprint density at radius 3 is 2.80 bits per heavy atom. The molecular weight excluding hydrogens is 254 g/mol. The first-order chi connectivity index (χ1) is 7.25. The van der Waals surface area contributed by atoms with Crippen LogP contribution in [-0.4, -0.2) is 24.1 Å². The van der Waals surface area contributed by atoms with Gasteiger partial charge in [-0.3, -0.25) is 0 Å². The Kier molecular flexibility index (Phi) is 2.21. The van der Waals surface area contributed by atoms with Crippen LogP contribution in [0.2, 0.25) is 0 Å². The van der Waals surface area contributed by atoms with E-state index in [4.69, 9.17) is 0 Å². The fraction of sp³-hybridized carbons (Fsp3) is 0.545. The van der Waals surface area contributed by atoms with Crippen molar-refractivity contribution in [3.63, 3.8) is 0 Å². The zero-order valence-electron chi connectivity index (χ0n) is 8.63. The van der Waals surface area contributed by atoms with Crippen molar-refractivity contribution in [2.75, 3.05) is 18.4 Å². The predicted molar refractivity (Wildman–Crippen MR) is 63.9 cm³/mol. The van der Waals surface area contributed by atoms with E-state index in [1.54, 1.807) is 0 Å². The van der Waals surface area contributed by atoms with E-state index in [2.05, 4.69) is 37.6 Å². The maximum Gasteiger partial charge on any atom is 0.126 e. The second-order valence-corrected chi connectivity index (χ2v) is 5.27. The average molecular weight is 268 g/mol. The fourth-order valence-electron chi connectivity index (χ4n) is 2.43. The molecule has 2 N–H and O–H groups in total. The molecule has 0 radical (unpaired) electrons. The SMILES string of the molecule is Cc1nc(NC2C3CNCC32)ccc1Br. The van der Waals surface area contributed by atoms with Crippen molar-refractivity contribution in [1.29, 1.82) is 0 Å². The van der Waals surface area contributed by atoms with E-state index < -0.39 is 0 Å². The molecule has 0 aromatic carbocycles. The normalized spacial score (nSPS) is 32.5. The summed E-state index contributed by atoms with van der Waals surface area (Å²) in [7, 11) is 0. The van der Waals surface area contributed by atoms with Gasteiger partial charge in [0, 0.05) is 23.6 Å². The van der Waals surface area contributed by atoms with Gasteiger partial charge in [0.1, 0.15) is 5.82 Å². The van der Waals surface area contributed by atoms with Gasteiger partial charge < -0.3 is 10.6 Å². The Morgan fingerprint density at radius 2 is 2.13 bits per heavy atom. The first kappa shape index (κ1) is 9.60. The quantitative estimate of drug-likeness (QED) is 0.858. The third-order valence-electron chi connectivity index (χ3n) is 3.43. The number of nitrogens with zero attached hydrogens (tertiary/aromatic N) is 1. The largest absolute Gasteiger partial charge is 0.367 e. The summed E-state index contributed by atoms with van der Waals surface area (Å²) in [5.74, 6) is 2.67. The number of hydrogen-bond donors (Lipinski definition) is 2. The van der Waals surface area contributed by atoms with E-state index in [0.29, 0.717) is 6.04 Å². The Balaban J connectivity index is 1.70. The molecule has 2 atom stereocenters. The van der Waals surface area contributed by atoms with Gasteiger partial charge in [-0.25, -0.2) is 4.98 Å². The summed E-state index contributed by atoms with van der Waals surface area (Å²) in [6.45, 7) is 4.35. The van der Waals surface area contributed by atoms with E-state index in [1.165, 1.54) is 0 Å². The number of rotatable bonds is 2. The van der Waals surface area contributed by atoms with Crippen LogP contribution in [0.15, 0.2) is 16.6 Å². The Bertz CT molecular complexity index is 383. The molecule has 80 valence electrons. The van der Waals surface area contributed by atoms with Crippen LogP contribution in [0.4, 0.5) is 5.82 Å². The minimum absolute atomic E-state index is 0.652. The highest BCUT2D eigenvalue weighted by molar-refractivity contribution is 9.10. The standard InChI is InChI=1S/C11H14BrN3/c1-6-9(12)2-3-10(14-6)15-11-7-4-13-5-8(7)11/h2-3,7-8,11,13H,4-5H2,1H3,(H,14,15). The van der Waals surface area contributed by atoms with Crippen LogP contribution in [0.5, 0.6) is 0 Å². The van der Waals surface area contributed by atoms with Crippen LogP contribution < -0.4 is 10.6 Å². The van der Waals surface area contributed by atoms with Crippen molar-refractivity contribution in [1.82, 2.24) is 10.3 Å². The number of hydrogen-bond acceptors (Lipinski definition) is 3. The molecule has 4 heteroatoms. The minimum Gasteiger partial charge on any atom is -0.367 e. The molecule has 1 aromatic rings. The fourth-order valence-corrected chi connectivity index (χ4v) is 2.65. The first-order valence-electron chi connectivity index (χ1n) is 5.36. The van der Waals surface area contributed by atoms with Crippen LogP contribution in [-0.2, 0) is 0 Å². The van der Waals surface area contributed by atoms with E-state index >= 15 is 0 Å². The van der Waals surface area contributed by atoms with Gasteiger partial charge >= 0.3 is 0 Å². The minimum atomic E-state index is 0.652. The van der Waals surface area contributed by atoms with Gasteiger partial charge in [-0.2, -0.15) is 0 Å². The van der Waals surface area contributed by atoms with Crippen molar-refractivity contribution in [2.45, 2.75) is 13.0 Å². The average Bonchev–Trinajstić information content (AvgIpc) is 2.68. The molecule has 1 aliphatic carbocycles. The molecular formula is C11H14BrN3. The van der Waals surface area contributed by atoms with Crippen molar-refractivity contribution >= 4 is 21.7 Å². The summed E-state index contributed by atoms with van der Waals surface area (Å²) in [5, 5.41) is 6.90.